The lowest BCUT2D eigenvalue weighted by Crippen LogP contribution is -2.14. The van der Waals surface area contributed by atoms with Crippen molar-refractivity contribution in [3.05, 3.63) is 52.0 Å². The topological polar surface area (TPSA) is 55.4 Å². The lowest BCUT2D eigenvalue weighted by Gasteiger charge is -2.13. The highest BCUT2D eigenvalue weighted by Gasteiger charge is 2.31. The van der Waals surface area contributed by atoms with Gasteiger partial charge < -0.3 is 4.74 Å². The molecular weight excluding hydrogens is 390 g/mol. The van der Waals surface area contributed by atoms with Crippen molar-refractivity contribution < 1.29 is 26.3 Å². The van der Waals surface area contributed by atoms with Crippen molar-refractivity contribution in [1.29, 1.82) is 0 Å². The standard InChI is InChI=1S/C14H10Cl2F3NO3S/c1-23-13-5-3-9(7-11(13)16)24(21,22)20-12-6-8(14(17,18)19)2-4-10(12)15/h2-7,20H,1H3. The third-order valence-electron chi connectivity index (χ3n) is 2.97. The van der Waals surface area contributed by atoms with E-state index in [4.69, 9.17) is 27.9 Å². The lowest BCUT2D eigenvalue weighted by atomic mass is 10.2. The molecule has 0 saturated heterocycles. The van der Waals surface area contributed by atoms with Crippen molar-refractivity contribution >= 4 is 38.9 Å². The first-order valence-electron chi connectivity index (χ1n) is 6.27. The van der Waals surface area contributed by atoms with Gasteiger partial charge in [0.15, 0.2) is 0 Å². The average molecular weight is 400 g/mol. The van der Waals surface area contributed by atoms with Crippen molar-refractivity contribution in [1.82, 2.24) is 0 Å². The van der Waals surface area contributed by atoms with Crippen LogP contribution in [-0.4, -0.2) is 15.5 Å². The van der Waals surface area contributed by atoms with E-state index in [9.17, 15) is 21.6 Å². The van der Waals surface area contributed by atoms with Crippen LogP contribution in [0.15, 0.2) is 41.3 Å². The number of hydrogen-bond acceptors (Lipinski definition) is 3. The quantitative estimate of drug-likeness (QED) is 0.801. The van der Waals surface area contributed by atoms with Crippen molar-refractivity contribution in [2.24, 2.45) is 0 Å². The summed E-state index contributed by atoms with van der Waals surface area (Å²) in [5.41, 5.74) is -1.42. The van der Waals surface area contributed by atoms with E-state index < -0.39 is 27.5 Å². The molecule has 0 amide bonds. The molecule has 0 saturated carbocycles. The number of rotatable bonds is 4. The van der Waals surface area contributed by atoms with Gasteiger partial charge in [-0.1, -0.05) is 23.2 Å². The van der Waals surface area contributed by atoms with Gasteiger partial charge in [0, 0.05) is 0 Å². The van der Waals surface area contributed by atoms with E-state index in [0.717, 1.165) is 18.2 Å². The van der Waals surface area contributed by atoms with Crippen LogP contribution in [0.2, 0.25) is 10.0 Å². The fourth-order valence-electron chi connectivity index (χ4n) is 1.80. The molecule has 0 spiro atoms. The minimum Gasteiger partial charge on any atom is -0.495 e. The normalized spacial score (nSPS) is 12.1. The van der Waals surface area contributed by atoms with Crippen LogP contribution in [0.5, 0.6) is 5.75 Å². The first kappa shape index (κ1) is 18.7. The van der Waals surface area contributed by atoms with Gasteiger partial charge in [-0.3, -0.25) is 4.72 Å². The monoisotopic (exact) mass is 399 g/mol. The summed E-state index contributed by atoms with van der Waals surface area (Å²) in [7, 11) is -2.83. The summed E-state index contributed by atoms with van der Waals surface area (Å²) in [6.45, 7) is 0. The zero-order valence-corrected chi connectivity index (χ0v) is 14.3. The minimum atomic E-state index is -4.63. The molecule has 0 aromatic heterocycles. The second-order valence-electron chi connectivity index (χ2n) is 4.59. The Balaban J connectivity index is 2.41. The Hall–Kier alpha value is -1.64. The Kier molecular flexibility index (Phi) is 5.22. The molecule has 2 aromatic carbocycles. The van der Waals surface area contributed by atoms with Crippen LogP contribution in [0.25, 0.3) is 0 Å². The van der Waals surface area contributed by atoms with Gasteiger partial charge in [0.25, 0.3) is 10.0 Å². The Morgan fingerprint density at radius 3 is 2.25 bits per heavy atom. The van der Waals surface area contributed by atoms with Crippen LogP contribution in [0.1, 0.15) is 5.56 Å². The van der Waals surface area contributed by atoms with Gasteiger partial charge in [-0.2, -0.15) is 13.2 Å². The third-order valence-corrected chi connectivity index (χ3v) is 4.96. The van der Waals surface area contributed by atoms with Crippen LogP contribution in [0.3, 0.4) is 0 Å². The molecule has 0 atom stereocenters. The van der Waals surface area contributed by atoms with Crippen molar-refractivity contribution in [3.63, 3.8) is 0 Å². The Labute approximate surface area is 146 Å². The Bertz CT molecular complexity index is 870. The molecule has 10 heteroatoms. The Morgan fingerprint density at radius 1 is 1.04 bits per heavy atom. The average Bonchev–Trinajstić information content (AvgIpc) is 2.48. The molecule has 0 aliphatic rings. The maximum atomic E-state index is 12.7. The largest absolute Gasteiger partial charge is 0.495 e. The van der Waals surface area contributed by atoms with Crippen molar-refractivity contribution in [2.45, 2.75) is 11.1 Å². The second-order valence-corrected chi connectivity index (χ2v) is 7.09. The molecule has 0 heterocycles. The highest BCUT2D eigenvalue weighted by molar-refractivity contribution is 7.92. The van der Waals surface area contributed by atoms with E-state index >= 15 is 0 Å². The van der Waals surface area contributed by atoms with Gasteiger partial charge in [-0.05, 0) is 36.4 Å². The maximum absolute atomic E-state index is 12.7. The fourth-order valence-corrected chi connectivity index (χ4v) is 3.44. The number of halogens is 5. The summed E-state index contributed by atoms with van der Waals surface area (Å²) < 4.78 is 69.8. The summed E-state index contributed by atoms with van der Waals surface area (Å²) >= 11 is 11.6. The zero-order chi connectivity index (χ0) is 18.1. The predicted molar refractivity (Wildman–Crippen MR) is 85.3 cm³/mol. The van der Waals surface area contributed by atoms with Gasteiger partial charge in [0.2, 0.25) is 0 Å². The molecule has 0 aliphatic heterocycles. The number of nitrogens with one attached hydrogen (secondary N) is 1. The first-order chi connectivity index (χ1) is 11.0. The number of methoxy groups -OCH3 is 1. The van der Waals surface area contributed by atoms with Gasteiger partial charge >= 0.3 is 6.18 Å². The van der Waals surface area contributed by atoms with Gasteiger partial charge in [-0.25, -0.2) is 8.42 Å². The first-order valence-corrected chi connectivity index (χ1v) is 8.51. The number of alkyl halides is 3. The van der Waals surface area contributed by atoms with Crippen LogP contribution >= 0.6 is 23.2 Å². The van der Waals surface area contributed by atoms with Crippen molar-refractivity contribution in [2.75, 3.05) is 11.8 Å². The molecule has 4 nitrogen and oxygen atoms in total. The number of sulfonamides is 1. The molecule has 0 bridgehead atoms. The molecule has 130 valence electrons. The molecule has 2 aromatic rings. The van der Waals surface area contributed by atoms with E-state index in [1.165, 1.54) is 19.2 Å². The van der Waals surface area contributed by atoms with Gasteiger partial charge in [0.05, 0.1) is 33.3 Å². The van der Waals surface area contributed by atoms with E-state index in [1.807, 2.05) is 4.72 Å². The maximum Gasteiger partial charge on any atom is 0.416 e. The van der Waals surface area contributed by atoms with Crippen LogP contribution in [-0.2, 0) is 16.2 Å². The summed E-state index contributed by atoms with van der Waals surface area (Å²) in [4.78, 5) is -0.248. The van der Waals surface area contributed by atoms with Gasteiger partial charge in [0.1, 0.15) is 5.75 Å². The number of hydrogen-bond donors (Lipinski definition) is 1. The highest BCUT2D eigenvalue weighted by Crippen LogP contribution is 2.35. The van der Waals surface area contributed by atoms with Crippen molar-refractivity contribution in [3.8, 4) is 5.75 Å². The zero-order valence-electron chi connectivity index (χ0n) is 12.0. The van der Waals surface area contributed by atoms with E-state index in [2.05, 4.69) is 0 Å². The number of benzene rings is 2. The Morgan fingerprint density at radius 2 is 1.71 bits per heavy atom. The summed E-state index contributed by atoms with van der Waals surface area (Å²) in [5, 5.41) is -0.137. The number of anilines is 1. The SMILES string of the molecule is COc1ccc(S(=O)(=O)Nc2cc(C(F)(F)F)ccc2Cl)cc1Cl. The van der Waals surface area contributed by atoms with Crippen LogP contribution in [0.4, 0.5) is 18.9 Å². The van der Waals surface area contributed by atoms with E-state index in [-0.39, 0.29) is 20.7 Å². The molecule has 0 radical (unpaired) electrons. The lowest BCUT2D eigenvalue weighted by molar-refractivity contribution is -0.137. The molecular formula is C14H10Cl2F3NO3S. The molecule has 1 N–H and O–H groups in total. The summed E-state index contributed by atoms with van der Waals surface area (Å²) in [6.07, 6.45) is -4.63. The van der Waals surface area contributed by atoms with Gasteiger partial charge in [-0.15, -0.1) is 0 Å². The van der Waals surface area contributed by atoms with Crippen LogP contribution < -0.4 is 9.46 Å². The highest BCUT2D eigenvalue weighted by atomic mass is 35.5. The van der Waals surface area contributed by atoms with E-state index in [1.54, 1.807) is 0 Å². The predicted octanol–water partition coefficient (Wildman–Crippen LogP) is 4.82. The molecule has 0 unspecified atom stereocenters. The minimum absolute atomic E-state index is 0.0375. The third kappa shape index (κ3) is 4.06. The smallest absolute Gasteiger partial charge is 0.416 e. The second kappa shape index (κ2) is 6.70. The van der Waals surface area contributed by atoms with E-state index in [0.29, 0.717) is 6.07 Å². The molecule has 24 heavy (non-hydrogen) atoms. The van der Waals surface area contributed by atoms with Crippen LogP contribution in [0, 0.1) is 0 Å². The summed E-state index contributed by atoms with van der Waals surface area (Å²) in [6, 6.07) is 5.97. The molecule has 0 aliphatic carbocycles. The summed E-state index contributed by atoms with van der Waals surface area (Å²) in [5.74, 6) is 0.257. The fraction of sp³-hybridized carbons (Fsp3) is 0.143. The molecule has 2 rings (SSSR count). The number of ether oxygens (including phenoxy) is 1. The molecule has 0 fully saturated rings.